The molecule has 0 saturated carbocycles. The minimum atomic E-state index is -1.26. The van der Waals surface area contributed by atoms with Crippen LogP contribution in [0.1, 0.15) is 6.92 Å². The van der Waals surface area contributed by atoms with E-state index >= 15 is 0 Å². The Hall–Kier alpha value is -2.15. The molecule has 96 valence electrons. The highest BCUT2D eigenvalue weighted by atomic mass is 16.4. The van der Waals surface area contributed by atoms with Crippen LogP contribution in [0.5, 0.6) is 0 Å². The molecule has 0 aliphatic heterocycles. The first kappa shape index (κ1) is 17.3. The molecule has 0 heterocycles. The molecular weight excluding hydrogens is 228 g/mol. The SMILES string of the molecule is CC=CC(=O)NN(C)C.O=C(O)/C=C\C(=O)O. The molecule has 3 N–H and O–H groups in total. The van der Waals surface area contributed by atoms with Gasteiger partial charge in [0, 0.05) is 26.2 Å². The van der Waals surface area contributed by atoms with Gasteiger partial charge in [-0.2, -0.15) is 0 Å². The molecule has 0 aromatic carbocycles. The summed E-state index contributed by atoms with van der Waals surface area (Å²) in [6.45, 7) is 1.80. The summed E-state index contributed by atoms with van der Waals surface area (Å²) >= 11 is 0. The summed E-state index contributed by atoms with van der Waals surface area (Å²) in [4.78, 5) is 29.7. The number of carboxylic acid groups (broad SMARTS) is 2. The second kappa shape index (κ2) is 10.4. The van der Waals surface area contributed by atoms with Crippen molar-refractivity contribution in [3.8, 4) is 0 Å². The number of carbonyl (C=O) groups excluding carboxylic acids is 1. The van der Waals surface area contributed by atoms with Gasteiger partial charge in [0.1, 0.15) is 0 Å². The summed E-state index contributed by atoms with van der Waals surface area (Å²) in [7, 11) is 3.53. The molecule has 0 aliphatic carbocycles. The Labute approximate surface area is 99.0 Å². The smallest absolute Gasteiger partial charge is 0.328 e. The third-order valence-electron chi connectivity index (χ3n) is 1.02. The lowest BCUT2D eigenvalue weighted by Gasteiger charge is -2.08. The minimum Gasteiger partial charge on any atom is -0.478 e. The molecule has 1 amide bonds. The fraction of sp³-hybridized carbons (Fsp3) is 0.300. The molecule has 0 bridgehead atoms. The number of hydrazine groups is 1. The predicted molar refractivity (Wildman–Crippen MR) is 61.1 cm³/mol. The van der Waals surface area contributed by atoms with Gasteiger partial charge in [-0.1, -0.05) is 6.08 Å². The number of allylic oxidation sites excluding steroid dienone is 1. The van der Waals surface area contributed by atoms with E-state index in [0.29, 0.717) is 12.2 Å². The topological polar surface area (TPSA) is 107 Å². The van der Waals surface area contributed by atoms with Crippen LogP contribution < -0.4 is 5.43 Å². The van der Waals surface area contributed by atoms with Crippen LogP contribution in [0.4, 0.5) is 0 Å². The molecule has 17 heavy (non-hydrogen) atoms. The van der Waals surface area contributed by atoms with Crippen LogP contribution in [-0.4, -0.2) is 47.2 Å². The quantitative estimate of drug-likeness (QED) is 0.469. The van der Waals surface area contributed by atoms with Crippen molar-refractivity contribution >= 4 is 17.8 Å². The van der Waals surface area contributed by atoms with Crippen molar-refractivity contribution in [2.75, 3.05) is 14.1 Å². The van der Waals surface area contributed by atoms with Gasteiger partial charge in [0.15, 0.2) is 0 Å². The molecule has 0 aromatic rings. The average Bonchev–Trinajstić information content (AvgIpc) is 2.14. The maximum absolute atomic E-state index is 10.6. The molecule has 0 aromatic heterocycles. The summed E-state index contributed by atoms with van der Waals surface area (Å²) in [5.74, 6) is -2.61. The van der Waals surface area contributed by atoms with Gasteiger partial charge in [-0.25, -0.2) is 14.6 Å². The van der Waals surface area contributed by atoms with Gasteiger partial charge in [0.25, 0.3) is 5.91 Å². The molecule has 0 spiro atoms. The number of hydrogen-bond acceptors (Lipinski definition) is 4. The van der Waals surface area contributed by atoms with E-state index in [1.807, 2.05) is 0 Å². The van der Waals surface area contributed by atoms with Crippen LogP contribution in [0.2, 0.25) is 0 Å². The highest BCUT2D eigenvalue weighted by Crippen LogP contribution is 1.71. The van der Waals surface area contributed by atoms with Crippen LogP contribution >= 0.6 is 0 Å². The van der Waals surface area contributed by atoms with Crippen LogP contribution in [0.15, 0.2) is 24.3 Å². The lowest BCUT2D eigenvalue weighted by atomic mass is 10.5. The first-order chi connectivity index (χ1) is 7.79. The Kier molecular flexibility index (Phi) is 10.5. The van der Waals surface area contributed by atoms with Gasteiger partial charge < -0.3 is 10.2 Å². The van der Waals surface area contributed by atoms with Crippen molar-refractivity contribution in [1.29, 1.82) is 0 Å². The maximum Gasteiger partial charge on any atom is 0.328 e. The van der Waals surface area contributed by atoms with Gasteiger partial charge >= 0.3 is 11.9 Å². The molecule has 7 nitrogen and oxygen atoms in total. The Bertz CT molecular complexity index is 305. The van der Waals surface area contributed by atoms with Gasteiger partial charge in [0.2, 0.25) is 0 Å². The van der Waals surface area contributed by atoms with E-state index in [1.165, 1.54) is 6.08 Å². The fourth-order valence-corrected chi connectivity index (χ4v) is 0.552. The summed E-state index contributed by atoms with van der Waals surface area (Å²) in [6.07, 6.45) is 4.28. The molecule has 0 rings (SSSR count). The number of aliphatic carboxylic acids is 2. The first-order valence-electron chi connectivity index (χ1n) is 4.54. The highest BCUT2D eigenvalue weighted by Gasteiger charge is 1.91. The van der Waals surface area contributed by atoms with E-state index in [2.05, 4.69) is 5.43 Å². The Morgan fingerprint density at radius 2 is 1.41 bits per heavy atom. The number of amides is 1. The van der Waals surface area contributed by atoms with Gasteiger partial charge in [-0.3, -0.25) is 10.2 Å². The zero-order valence-electron chi connectivity index (χ0n) is 9.88. The number of rotatable bonds is 4. The fourth-order valence-electron chi connectivity index (χ4n) is 0.552. The van der Waals surface area contributed by atoms with Crippen molar-refractivity contribution in [3.05, 3.63) is 24.3 Å². The molecule has 0 saturated heterocycles. The van der Waals surface area contributed by atoms with Crippen LogP contribution in [0.25, 0.3) is 0 Å². The molecule has 0 fully saturated rings. The third-order valence-corrected chi connectivity index (χ3v) is 1.02. The van der Waals surface area contributed by atoms with Gasteiger partial charge in [0.05, 0.1) is 0 Å². The van der Waals surface area contributed by atoms with E-state index in [0.717, 1.165) is 0 Å². The van der Waals surface area contributed by atoms with Crippen molar-refractivity contribution < 1.29 is 24.6 Å². The zero-order valence-corrected chi connectivity index (χ0v) is 9.88. The highest BCUT2D eigenvalue weighted by molar-refractivity contribution is 5.89. The van der Waals surface area contributed by atoms with Gasteiger partial charge in [-0.15, -0.1) is 0 Å². The van der Waals surface area contributed by atoms with Crippen LogP contribution in [0.3, 0.4) is 0 Å². The lowest BCUT2D eigenvalue weighted by molar-refractivity contribution is -0.134. The Morgan fingerprint density at radius 1 is 1.00 bits per heavy atom. The number of carbonyl (C=O) groups is 3. The lowest BCUT2D eigenvalue weighted by Crippen LogP contribution is -2.34. The van der Waals surface area contributed by atoms with Crippen molar-refractivity contribution in [1.82, 2.24) is 10.4 Å². The third kappa shape index (κ3) is 20.0. The Morgan fingerprint density at radius 3 is 1.65 bits per heavy atom. The molecule has 0 radical (unpaired) electrons. The average molecular weight is 244 g/mol. The van der Waals surface area contributed by atoms with E-state index in [9.17, 15) is 14.4 Å². The van der Waals surface area contributed by atoms with Crippen molar-refractivity contribution in [3.63, 3.8) is 0 Å². The number of nitrogens with zero attached hydrogens (tertiary/aromatic N) is 1. The minimum absolute atomic E-state index is 0.0949. The second-order valence-electron chi connectivity index (χ2n) is 2.88. The number of hydrogen-bond donors (Lipinski definition) is 3. The molecule has 0 atom stereocenters. The predicted octanol–water partition coefficient (Wildman–Crippen LogP) is -0.133. The largest absolute Gasteiger partial charge is 0.478 e. The number of carboxylic acids is 2. The molecule has 0 unspecified atom stereocenters. The molecule has 0 aliphatic rings. The van der Waals surface area contributed by atoms with E-state index in [4.69, 9.17) is 10.2 Å². The summed E-state index contributed by atoms with van der Waals surface area (Å²) < 4.78 is 0. The normalized spacial score (nSPS) is 10.1. The zero-order chi connectivity index (χ0) is 13.8. The van der Waals surface area contributed by atoms with Crippen molar-refractivity contribution in [2.24, 2.45) is 0 Å². The summed E-state index contributed by atoms with van der Waals surface area (Å²) in [6, 6.07) is 0. The van der Waals surface area contributed by atoms with Crippen molar-refractivity contribution in [2.45, 2.75) is 6.92 Å². The van der Waals surface area contributed by atoms with Crippen LogP contribution in [-0.2, 0) is 14.4 Å². The van der Waals surface area contributed by atoms with E-state index < -0.39 is 11.9 Å². The van der Waals surface area contributed by atoms with E-state index in [1.54, 1.807) is 32.1 Å². The summed E-state index contributed by atoms with van der Waals surface area (Å²) in [5.41, 5.74) is 2.55. The first-order valence-corrected chi connectivity index (χ1v) is 4.54. The Balaban J connectivity index is 0. The second-order valence-corrected chi connectivity index (χ2v) is 2.88. The molecular formula is C10H16N2O5. The molecule has 7 heteroatoms. The van der Waals surface area contributed by atoms with Gasteiger partial charge in [-0.05, 0) is 13.0 Å². The van der Waals surface area contributed by atoms with Crippen LogP contribution in [0, 0.1) is 0 Å². The number of nitrogens with one attached hydrogen (secondary N) is 1. The van der Waals surface area contributed by atoms with E-state index in [-0.39, 0.29) is 5.91 Å². The standard InChI is InChI=1S/C6H12N2O.C4H4O4/c1-4-5-6(9)7-8(2)3;5-3(6)1-2-4(7)8/h4-5H,1-3H3,(H,7,9);1-2H,(H,5,6)(H,7,8)/b;2-1-. The monoisotopic (exact) mass is 244 g/mol. The maximum atomic E-state index is 10.6. The summed E-state index contributed by atoms with van der Waals surface area (Å²) in [5, 5.41) is 17.2.